The van der Waals surface area contributed by atoms with Gasteiger partial charge in [0.05, 0.1) is 23.1 Å². The molecule has 0 saturated carbocycles. The Kier molecular flexibility index (Phi) is 6.81. The quantitative estimate of drug-likeness (QED) is 0.301. The van der Waals surface area contributed by atoms with Crippen molar-refractivity contribution in [2.75, 3.05) is 17.6 Å². The fourth-order valence-electron chi connectivity index (χ4n) is 3.18. The summed E-state index contributed by atoms with van der Waals surface area (Å²) in [6.45, 7) is 1.33. The van der Waals surface area contributed by atoms with E-state index in [-0.39, 0.29) is 17.6 Å². The Morgan fingerprint density at radius 3 is 2.66 bits per heavy atom. The van der Waals surface area contributed by atoms with Crippen molar-refractivity contribution in [3.8, 4) is 0 Å². The summed E-state index contributed by atoms with van der Waals surface area (Å²) in [5.74, 6) is -0.0699. The number of nitrogens with one attached hydrogen (secondary N) is 2. The van der Waals surface area contributed by atoms with Crippen LogP contribution in [0.25, 0.3) is 11.0 Å². The van der Waals surface area contributed by atoms with Crippen LogP contribution in [-0.2, 0) is 18.4 Å². The van der Waals surface area contributed by atoms with Crippen molar-refractivity contribution in [1.82, 2.24) is 29.6 Å². The predicted molar refractivity (Wildman–Crippen MR) is 123 cm³/mol. The number of benzene rings is 2. The van der Waals surface area contributed by atoms with E-state index in [1.807, 2.05) is 37.6 Å². The van der Waals surface area contributed by atoms with Gasteiger partial charge in [-0.2, -0.15) is 0 Å². The number of anilines is 1. The van der Waals surface area contributed by atoms with Crippen LogP contribution < -0.4 is 10.6 Å². The fourth-order valence-corrected chi connectivity index (χ4v) is 3.87. The average Bonchev–Trinajstić information content (AvgIpc) is 3.41. The molecule has 0 fully saturated rings. The number of imidazole rings is 1. The minimum Gasteiger partial charge on any atom is -0.352 e. The lowest BCUT2D eigenvalue weighted by molar-refractivity contribution is -0.113. The summed E-state index contributed by atoms with van der Waals surface area (Å²) < 4.78 is 3.84. The smallest absolute Gasteiger partial charge is 0.251 e. The summed E-state index contributed by atoms with van der Waals surface area (Å²) in [6, 6.07) is 14.8. The van der Waals surface area contributed by atoms with Gasteiger partial charge in [0.1, 0.15) is 6.33 Å². The van der Waals surface area contributed by atoms with Crippen LogP contribution in [0.1, 0.15) is 16.8 Å². The first-order chi connectivity index (χ1) is 15.6. The van der Waals surface area contributed by atoms with E-state index >= 15 is 0 Å². The topological polar surface area (TPSA) is 107 Å². The van der Waals surface area contributed by atoms with E-state index in [0.717, 1.165) is 24.0 Å². The van der Waals surface area contributed by atoms with Gasteiger partial charge in [-0.15, -0.1) is 10.2 Å². The summed E-state index contributed by atoms with van der Waals surface area (Å²) in [5.41, 5.74) is 3.24. The van der Waals surface area contributed by atoms with E-state index < -0.39 is 0 Å². The van der Waals surface area contributed by atoms with Gasteiger partial charge in [0, 0.05) is 31.4 Å². The molecule has 2 aromatic carbocycles. The van der Waals surface area contributed by atoms with Gasteiger partial charge in [-0.25, -0.2) is 4.98 Å². The number of carbonyl (C=O) groups is 2. The maximum absolute atomic E-state index is 12.4. The van der Waals surface area contributed by atoms with Gasteiger partial charge in [-0.3, -0.25) is 9.59 Å². The standard InChI is InChI=1S/C22H23N7O2S/c1-28-15-25-27-22(28)32-13-20(30)26-17-9-7-16(8-10-17)21(31)23-11-4-12-29-14-24-18-5-2-3-6-19(18)29/h2-3,5-10,14-15H,4,11-13H2,1H3,(H,23,31)(H,26,30). The number of hydrogen-bond donors (Lipinski definition) is 2. The molecule has 0 unspecified atom stereocenters. The average molecular weight is 450 g/mol. The first-order valence-electron chi connectivity index (χ1n) is 10.1. The van der Waals surface area contributed by atoms with Crippen molar-refractivity contribution in [3.63, 3.8) is 0 Å². The number of amides is 2. The molecule has 0 aliphatic rings. The summed E-state index contributed by atoms with van der Waals surface area (Å²) in [6.07, 6.45) is 4.21. The molecule has 0 radical (unpaired) electrons. The highest BCUT2D eigenvalue weighted by atomic mass is 32.2. The molecule has 0 spiro atoms. The van der Waals surface area contributed by atoms with Crippen LogP contribution in [0, 0.1) is 0 Å². The second-order valence-electron chi connectivity index (χ2n) is 7.17. The van der Waals surface area contributed by atoms with Crippen LogP contribution in [0.2, 0.25) is 0 Å². The van der Waals surface area contributed by atoms with Crippen molar-refractivity contribution in [1.29, 1.82) is 0 Å². The van der Waals surface area contributed by atoms with Gasteiger partial charge in [0.2, 0.25) is 5.91 Å². The van der Waals surface area contributed by atoms with Gasteiger partial charge in [-0.1, -0.05) is 23.9 Å². The van der Waals surface area contributed by atoms with Gasteiger partial charge in [0.25, 0.3) is 5.91 Å². The molecule has 0 bridgehead atoms. The molecule has 2 amide bonds. The Morgan fingerprint density at radius 1 is 1.06 bits per heavy atom. The third-order valence-electron chi connectivity index (χ3n) is 4.82. The first kappa shape index (κ1) is 21.6. The van der Waals surface area contributed by atoms with Crippen molar-refractivity contribution < 1.29 is 9.59 Å². The third-order valence-corrected chi connectivity index (χ3v) is 5.86. The fraction of sp³-hybridized carbons (Fsp3) is 0.227. The lowest BCUT2D eigenvalue weighted by Crippen LogP contribution is -2.25. The maximum atomic E-state index is 12.4. The zero-order valence-corrected chi connectivity index (χ0v) is 18.4. The molecule has 0 aliphatic heterocycles. The minimum absolute atomic E-state index is 0.142. The SMILES string of the molecule is Cn1cnnc1SCC(=O)Nc1ccc(C(=O)NCCCn2cnc3ccccc32)cc1. The van der Waals surface area contributed by atoms with E-state index in [1.165, 1.54) is 11.8 Å². The van der Waals surface area contributed by atoms with Gasteiger partial charge < -0.3 is 19.8 Å². The minimum atomic E-state index is -0.151. The Bertz CT molecular complexity index is 1220. The number of carbonyl (C=O) groups excluding carboxylic acids is 2. The molecule has 10 heteroatoms. The van der Waals surface area contributed by atoms with E-state index in [0.29, 0.717) is 23.0 Å². The van der Waals surface area contributed by atoms with Crippen molar-refractivity contribution >= 4 is 40.3 Å². The third kappa shape index (κ3) is 5.33. The van der Waals surface area contributed by atoms with Crippen LogP contribution in [-0.4, -0.2) is 48.4 Å². The van der Waals surface area contributed by atoms with Crippen LogP contribution in [0.5, 0.6) is 0 Å². The van der Waals surface area contributed by atoms with Crippen LogP contribution >= 0.6 is 11.8 Å². The predicted octanol–water partition coefficient (Wildman–Crippen LogP) is 2.72. The number of aromatic nitrogens is 5. The van der Waals surface area contributed by atoms with Gasteiger partial charge in [0.15, 0.2) is 5.16 Å². The number of nitrogens with zero attached hydrogens (tertiary/aromatic N) is 5. The molecule has 4 rings (SSSR count). The monoisotopic (exact) mass is 449 g/mol. The largest absolute Gasteiger partial charge is 0.352 e. The summed E-state index contributed by atoms with van der Waals surface area (Å²) in [7, 11) is 1.82. The Hall–Kier alpha value is -3.66. The summed E-state index contributed by atoms with van der Waals surface area (Å²) in [4.78, 5) is 28.9. The van der Waals surface area contributed by atoms with Crippen molar-refractivity contribution in [3.05, 3.63) is 66.7 Å². The summed E-state index contributed by atoms with van der Waals surface area (Å²) in [5, 5.41) is 14.1. The number of rotatable bonds is 9. The molecule has 0 saturated heterocycles. The Labute approximate surface area is 189 Å². The molecule has 4 aromatic rings. The van der Waals surface area contributed by atoms with Crippen LogP contribution in [0.15, 0.2) is 66.3 Å². The maximum Gasteiger partial charge on any atom is 0.251 e. The molecule has 2 N–H and O–H groups in total. The number of thioether (sulfide) groups is 1. The highest BCUT2D eigenvalue weighted by molar-refractivity contribution is 7.99. The molecular weight excluding hydrogens is 426 g/mol. The van der Waals surface area contributed by atoms with Gasteiger partial charge in [-0.05, 0) is 42.8 Å². The number of fused-ring (bicyclic) bond motifs is 1. The molecule has 0 aliphatic carbocycles. The number of aryl methyl sites for hydroxylation is 2. The highest BCUT2D eigenvalue weighted by Gasteiger charge is 2.09. The van der Waals surface area contributed by atoms with Crippen LogP contribution in [0.4, 0.5) is 5.69 Å². The number of para-hydroxylation sites is 2. The summed E-state index contributed by atoms with van der Waals surface area (Å²) >= 11 is 1.31. The molecular formula is C22H23N7O2S. The Morgan fingerprint density at radius 2 is 1.88 bits per heavy atom. The molecule has 164 valence electrons. The Balaban J connectivity index is 1.20. The zero-order valence-electron chi connectivity index (χ0n) is 17.6. The van der Waals surface area contributed by atoms with Crippen LogP contribution in [0.3, 0.4) is 0 Å². The molecule has 2 heterocycles. The molecule has 9 nitrogen and oxygen atoms in total. The first-order valence-corrected chi connectivity index (χ1v) is 11.1. The highest BCUT2D eigenvalue weighted by Crippen LogP contribution is 2.15. The second-order valence-corrected chi connectivity index (χ2v) is 8.12. The lowest BCUT2D eigenvalue weighted by Gasteiger charge is -2.08. The van der Waals surface area contributed by atoms with E-state index in [1.54, 1.807) is 35.2 Å². The van der Waals surface area contributed by atoms with Gasteiger partial charge >= 0.3 is 0 Å². The lowest BCUT2D eigenvalue weighted by atomic mass is 10.2. The molecule has 2 aromatic heterocycles. The van der Waals surface area contributed by atoms with E-state index in [2.05, 4.69) is 30.4 Å². The second kappa shape index (κ2) is 10.1. The number of hydrogen-bond acceptors (Lipinski definition) is 6. The van der Waals surface area contributed by atoms with E-state index in [4.69, 9.17) is 0 Å². The van der Waals surface area contributed by atoms with Crippen molar-refractivity contribution in [2.24, 2.45) is 7.05 Å². The normalized spacial score (nSPS) is 10.9. The van der Waals surface area contributed by atoms with Crippen molar-refractivity contribution in [2.45, 2.75) is 18.1 Å². The zero-order chi connectivity index (χ0) is 22.3. The molecule has 0 atom stereocenters. The van der Waals surface area contributed by atoms with E-state index in [9.17, 15) is 9.59 Å². The molecule has 32 heavy (non-hydrogen) atoms.